The molecule has 68 valence electrons. The summed E-state index contributed by atoms with van der Waals surface area (Å²) in [6, 6.07) is 3.88. The summed E-state index contributed by atoms with van der Waals surface area (Å²) in [4.78, 5) is 4.14. The molecule has 0 saturated carbocycles. The molecule has 0 atom stereocenters. The molecular formula is C8H12BrClN2. The van der Waals surface area contributed by atoms with E-state index in [4.69, 9.17) is 0 Å². The van der Waals surface area contributed by atoms with Crippen LogP contribution in [0.3, 0.4) is 0 Å². The molecule has 0 fully saturated rings. The van der Waals surface area contributed by atoms with Crippen molar-refractivity contribution in [3.8, 4) is 0 Å². The van der Waals surface area contributed by atoms with Gasteiger partial charge in [0.05, 0.1) is 0 Å². The van der Waals surface area contributed by atoms with Crippen LogP contribution in [-0.4, -0.2) is 11.5 Å². The minimum Gasteiger partial charge on any atom is -0.370 e. The van der Waals surface area contributed by atoms with Crippen LogP contribution >= 0.6 is 28.3 Å². The summed E-state index contributed by atoms with van der Waals surface area (Å²) in [5, 5.41) is 3.19. The first kappa shape index (κ1) is 11.7. The van der Waals surface area contributed by atoms with E-state index in [1.54, 1.807) is 6.20 Å². The number of aromatic nitrogens is 1. The normalized spacial score (nSPS) is 8.83. The van der Waals surface area contributed by atoms with Crippen LogP contribution in [0.5, 0.6) is 0 Å². The van der Waals surface area contributed by atoms with Gasteiger partial charge in [-0.3, -0.25) is 0 Å². The van der Waals surface area contributed by atoms with Crippen molar-refractivity contribution in [3.63, 3.8) is 0 Å². The average molecular weight is 252 g/mol. The second-order valence-electron chi connectivity index (χ2n) is 2.29. The highest BCUT2D eigenvalue weighted by Crippen LogP contribution is 2.12. The number of halogens is 2. The molecule has 0 unspecified atom stereocenters. The van der Waals surface area contributed by atoms with E-state index in [2.05, 4.69) is 33.2 Å². The van der Waals surface area contributed by atoms with Gasteiger partial charge in [-0.05, 0) is 18.6 Å². The molecule has 1 heterocycles. The summed E-state index contributed by atoms with van der Waals surface area (Å²) in [6.07, 6.45) is 2.90. The Kier molecular flexibility index (Phi) is 6.11. The van der Waals surface area contributed by atoms with Gasteiger partial charge in [0.1, 0.15) is 5.82 Å². The van der Waals surface area contributed by atoms with Crippen molar-refractivity contribution < 1.29 is 0 Å². The predicted octanol–water partition coefficient (Wildman–Crippen LogP) is 3.09. The van der Waals surface area contributed by atoms with Crippen molar-refractivity contribution in [1.82, 2.24) is 4.98 Å². The molecule has 1 N–H and O–H groups in total. The number of nitrogens with one attached hydrogen (secondary N) is 1. The highest BCUT2D eigenvalue weighted by atomic mass is 79.9. The lowest BCUT2D eigenvalue weighted by Gasteiger charge is -2.02. The van der Waals surface area contributed by atoms with E-state index in [0.29, 0.717) is 0 Å². The fraction of sp³-hybridized carbons (Fsp3) is 0.375. The van der Waals surface area contributed by atoms with E-state index in [-0.39, 0.29) is 12.4 Å². The van der Waals surface area contributed by atoms with Crippen LogP contribution in [0.4, 0.5) is 5.82 Å². The Bertz CT molecular complexity index is 230. The van der Waals surface area contributed by atoms with E-state index in [1.807, 2.05) is 12.1 Å². The topological polar surface area (TPSA) is 24.9 Å². The monoisotopic (exact) mass is 250 g/mol. The zero-order valence-corrected chi connectivity index (χ0v) is 9.28. The lowest BCUT2D eigenvalue weighted by atomic mass is 10.4. The third-order valence-corrected chi connectivity index (χ3v) is 1.77. The first-order valence-electron chi connectivity index (χ1n) is 3.68. The zero-order valence-electron chi connectivity index (χ0n) is 6.88. The van der Waals surface area contributed by atoms with Crippen molar-refractivity contribution in [3.05, 3.63) is 22.8 Å². The summed E-state index contributed by atoms with van der Waals surface area (Å²) in [5.74, 6) is 0.932. The van der Waals surface area contributed by atoms with Crippen LogP contribution in [0, 0.1) is 0 Å². The molecule has 0 spiro atoms. The summed E-state index contributed by atoms with van der Waals surface area (Å²) < 4.78 is 1.06. The van der Waals surface area contributed by atoms with Gasteiger partial charge in [-0.15, -0.1) is 12.4 Å². The summed E-state index contributed by atoms with van der Waals surface area (Å²) in [5.41, 5.74) is 0. The smallest absolute Gasteiger partial charge is 0.127 e. The lowest BCUT2D eigenvalue weighted by molar-refractivity contribution is 0.969. The van der Waals surface area contributed by atoms with Gasteiger partial charge in [-0.25, -0.2) is 4.98 Å². The average Bonchev–Trinajstić information content (AvgIpc) is 2.01. The van der Waals surface area contributed by atoms with Crippen LogP contribution in [-0.2, 0) is 0 Å². The van der Waals surface area contributed by atoms with Crippen LogP contribution < -0.4 is 5.32 Å². The fourth-order valence-corrected chi connectivity index (χ4v) is 1.09. The molecule has 4 heteroatoms. The van der Waals surface area contributed by atoms with E-state index >= 15 is 0 Å². The van der Waals surface area contributed by atoms with Gasteiger partial charge in [0.15, 0.2) is 0 Å². The summed E-state index contributed by atoms with van der Waals surface area (Å²) in [6.45, 7) is 3.11. The molecule has 0 aliphatic carbocycles. The van der Waals surface area contributed by atoms with E-state index in [1.165, 1.54) is 0 Å². The molecule has 0 radical (unpaired) electrons. The second kappa shape index (κ2) is 6.26. The van der Waals surface area contributed by atoms with E-state index in [9.17, 15) is 0 Å². The Balaban J connectivity index is 0.00000121. The molecule has 0 aliphatic heterocycles. The van der Waals surface area contributed by atoms with Crippen LogP contribution in [0.15, 0.2) is 22.8 Å². The second-order valence-corrected chi connectivity index (χ2v) is 3.20. The van der Waals surface area contributed by atoms with Gasteiger partial charge in [-0.1, -0.05) is 22.9 Å². The Morgan fingerprint density at radius 1 is 1.58 bits per heavy atom. The van der Waals surface area contributed by atoms with Crippen molar-refractivity contribution >= 4 is 34.2 Å². The number of nitrogens with zero attached hydrogens (tertiary/aromatic N) is 1. The van der Waals surface area contributed by atoms with Crippen LogP contribution in [0.25, 0.3) is 0 Å². The first-order chi connectivity index (χ1) is 5.33. The Hall–Kier alpha value is -0.280. The van der Waals surface area contributed by atoms with Gasteiger partial charge in [0, 0.05) is 17.2 Å². The largest absolute Gasteiger partial charge is 0.370 e. The predicted molar refractivity (Wildman–Crippen MR) is 58.0 cm³/mol. The van der Waals surface area contributed by atoms with Crippen molar-refractivity contribution in [1.29, 1.82) is 0 Å². The van der Waals surface area contributed by atoms with Gasteiger partial charge < -0.3 is 5.32 Å². The minimum atomic E-state index is 0. The highest BCUT2D eigenvalue weighted by molar-refractivity contribution is 9.10. The standard InChI is InChI=1S/C8H11BrN2.ClH/c1-2-4-10-8-6-7(9)3-5-11-8;/h3,5-6H,2,4H2,1H3,(H,10,11);1H. The maximum absolute atomic E-state index is 4.14. The molecular weight excluding hydrogens is 239 g/mol. The SMILES string of the molecule is CCCNc1cc(Br)ccn1.Cl. The Morgan fingerprint density at radius 3 is 2.92 bits per heavy atom. The minimum absolute atomic E-state index is 0. The maximum atomic E-state index is 4.14. The third kappa shape index (κ3) is 3.93. The van der Waals surface area contributed by atoms with Gasteiger partial charge in [0.25, 0.3) is 0 Å². The molecule has 0 amide bonds. The molecule has 0 bridgehead atoms. The Morgan fingerprint density at radius 2 is 2.33 bits per heavy atom. The quantitative estimate of drug-likeness (QED) is 0.893. The molecule has 12 heavy (non-hydrogen) atoms. The van der Waals surface area contributed by atoms with Gasteiger partial charge in [-0.2, -0.15) is 0 Å². The molecule has 2 nitrogen and oxygen atoms in total. The van der Waals surface area contributed by atoms with Crippen LogP contribution in [0.2, 0.25) is 0 Å². The maximum Gasteiger partial charge on any atom is 0.127 e. The van der Waals surface area contributed by atoms with Crippen molar-refractivity contribution in [2.45, 2.75) is 13.3 Å². The van der Waals surface area contributed by atoms with Gasteiger partial charge in [0.2, 0.25) is 0 Å². The van der Waals surface area contributed by atoms with Crippen molar-refractivity contribution in [2.75, 3.05) is 11.9 Å². The summed E-state index contributed by atoms with van der Waals surface area (Å²) >= 11 is 3.37. The lowest BCUT2D eigenvalue weighted by Crippen LogP contribution is -2.00. The first-order valence-corrected chi connectivity index (χ1v) is 4.47. The Labute approximate surface area is 87.3 Å². The van der Waals surface area contributed by atoms with Gasteiger partial charge >= 0.3 is 0 Å². The van der Waals surface area contributed by atoms with Crippen molar-refractivity contribution in [2.24, 2.45) is 0 Å². The molecule has 0 aromatic carbocycles. The molecule has 1 rings (SSSR count). The van der Waals surface area contributed by atoms with E-state index < -0.39 is 0 Å². The zero-order chi connectivity index (χ0) is 8.10. The summed E-state index contributed by atoms with van der Waals surface area (Å²) in [7, 11) is 0. The number of anilines is 1. The third-order valence-electron chi connectivity index (χ3n) is 1.28. The number of rotatable bonds is 3. The number of hydrogen-bond acceptors (Lipinski definition) is 2. The van der Waals surface area contributed by atoms with Crippen LogP contribution in [0.1, 0.15) is 13.3 Å². The number of pyridine rings is 1. The molecule has 1 aromatic heterocycles. The molecule has 0 aliphatic rings. The highest BCUT2D eigenvalue weighted by Gasteiger charge is 1.91. The molecule has 0 saturated heterocycles. The molecule has 1 aromatic rings. The number of hydrogen-bond donors (Lipinski definition) is 1. The van der Waals surface area contributed by atoms with E-state index in [0.717, 1.165) is 23.3 Å². The fourth-order valence-electron chi connectivity index (χ4n) is 0.755.